The predicted molar refractivity (Wildman–Crippen MR) is 138 cm³/mol. The van der Waals surface area contributed by atoms with Crippen LogP contribution in [0.3, 0.4) is 0 Å². The minimum atomic E-state index is -3.14. The van der Waals surface area contributed by atoms with E-state index >= 15 is 0 Å². The number of nitrogens with one attached hydrogen (secondary N) is 1. The summed E-state index contributed by atoms with van der Waals surface area (Å²) in [6.45, 7) is 0.383. The lowest BCUT2D eigenvalue weighted by molar-refractivity contribution is -0.150. The van der Waals surface area contributed by atoms with Gasteiger partial charge in [-0.1, -0.05) is 18.2 Å². The van der Waals surface area contributed by atoms with Crippen molar-refractivity contribution in [3.63, 3.8) is 0 Å². The molecule has 0 aromatic heterocycles. The topological polar surface area (TPSA) is 141 Å². The number of benzene rings is 1. The number of likely N-dealkylation sites (tertiary alicyclic amines) is 1. The number of fused-ring (bicyclic) bond motifs is 1. The Kier molecular flexibility index (Phi) is 7.12. The molecule has 196 valence electrons. The molecule has 37 heavy (non-hydrogen) atoms. The van der Waals surface area contributed by atoms with Crippen LogP contribution in [0.25, 0.3) is 0 Å². The van der Waals surface area contributed by atoms with Crippen LogP contribution in [0.5, 0.6) is 0 Å². The Morgan fingerprint density at radius 2 is 1.97 bits per heavy atom. The number of nitrogens with zero attached hydrogens (tertiary/aromatic N) is 2. The van der Waals surface area contributed by atoms with E-state index in [4.69, 9.17) is 0 Å². The predicted octanol–water partition coefficient (Wildman–Crippen LogP) is 0.863. The second kappa shape index (κ2) is 10.2. The van der Waals surface area contributed by atoms with Gasteiger partial charge in [-0.15, -0.1) is 23.5 Å². The van der Waals surface area contributed by atoms with Gasteiger partial charge in [-0.25, -0.2) is 13.2 Å². The number of carboxylic acid groups (broad SMARTS) is 1. The van der Waals surface area contributed by atoms with Gasteiger partial charge in [0.05, 0.1) is 17.3 Å². The smallest absolute Gasteiger partial charge is 0.352 e. The normalized spacial score (nSPS) is 27.9. The summed E-state index contributed by atoms with van der Waals surface area (Å²) in [4.78, 5) is 54.1. The molecule has 3 atom stereocenters. The largest absolute Gasteiger partial charge is 0.477 e. The highest BCUT2D eigenvalue weighted by Crippen LogP contribution is 2.41. The van der Waals surface area contributed by atoms with Crippen LogP contribution in [-0.4, -0.2) is 94.0 Å². The number of amides is 3. The summed E-state index contributed by atoms with van der Waals surface area (Å²) in [6, 6.07) is 8.21. The lowest BCUT2D eigenvalue weighted by Crippen LogP contribution is -2.70. The summed E-state index contributed by atoms with van der Waals surface area (Å²) in [5.41, 5.74) is 0.587. The number of hydrogen-bond acceptors (Lipinski definition) is 8. The van der Waals surface area contributed by atoms with Crippen molar-refractivity contribution in [1.29, 1.82) is 0 Å². The fourth-order valence-corrected chi connectivity index (χ4v) is 8.75. The molecule has 4 heterocycles. The summed E-state index contributed by atoms with van der Waals surface area (Å²) < 4.78 is 23.7. The summed E-state index contributed by atoms with van der Waals surface area (Å²) in [5.74, 6) is -1.98. The SMILES string of the molecule is O=C(CSc1ccccc1)N[C@@H]1C(=O)N2C(C(=O)O)=C(/C=C3\CCN(C4CCS(=O)(=O)C4)C3=O)CS[C@H]12. The maximum absolute atomic E-state index is 13.0. The summed E-state index contributed by atoms with van der Waals surface area (Å²) in [6.07, 6.45) is 2.32. The van der Waals surface area contributed by atoms with Crippen LogP contribution in [0.1, 0.15) is 12.8 Å². The zero-order chi connectivity index (χ0) is 26.3. The molecule has 0 saturated carbocycles. The van der Waals surface area contributed by atoms with E-state index < -0.39 is 33.1 Å². The zero-order valence-electron chi connectivity index (χ0n) is 19.7. The molecule has 5 rings (SSSR count). The molecule has 2 N–H and O–H groups in total. The van der Waals surface area contributed by atoms with Crippen molar-refractivity contribution >= 4 is 57.1 Å². The van der Waals surface area contributed by atoms with E-state index in [9.17, 15) is 32.7 Å². The average Bonchev–Trinajstić information content (AvgIpc) is 3.42. The maximum atomic E-state index is 13.0. The molecule has 3 fully saturated rings. The van der Waals surface area contributed by atoms with Gasteiger partial charge in [-0.2, -0.15) is 0 Å². The molecule has 3 saturated heterocycles. The Hall–Kier alpha value is -2.77. The molecule has 0 bridgehead atoms. The van der Waals surface area contributed by atoms with E-state index in [2.05, 4.69) is 5.32 Å². The second-order valence-corrected chi connectivity index (χ2v) is 13.6. The first-order chi connectivity index (χ1) is 17.6. The number of aliphatic carboxylic acids is 1. The Bertz CT molecular complexity index is 1330. The van der Waals surface area contributed by atoms with Crippen LogP contribution in [0.2, 0.25) is 0 Å². The maximum Gasteiger partial charge on any atom is 0.352 e. The third-order valence-electron chi connectivity index (χ3n) is 6.79. The van der Waals surface area contributed by atoms with E-state index in [-0.39, 0.29) is 46.6 Å². The van der Waals surface area contributed by atoms with Gasteiger partial charge in [-0.3, -0.25) is 19.3 Å². The van der Waals surface area contributed by atoms with Crippen LogP contribution in [-0.2, 0) is 29.0 Å². The van der Waals surface area contributed by atoms with Gasteiger partial charge in [-0.05, 0) is 36.6 Å². The Balaban J connectivity index is 1.27. The fourth-order valence-electron chi connectivity index (χ4n) is 4.98. The van der Waals surface area contributed by atoms with E-state index in [0.717, 1.165) is 4.90 Å². The van der Waals surface area contributed by atoms with E-state index in [0.29, 0.717) is 30.5 Å². The number of allylic oxidation sites excluding steroid dienone is 1. The zero-order valence-corrected chi connectivity index (χ0v) is 22.1. The molecule has 1 aromatic rings. The number of hydrogen-bond donors (Lipinski definition) is 2. The first-order valence-corrected chi connectivity index (χ1v) is 15.6. The molecule has 3 amide bonds. The molecule has 4 aliphatic rings. The Morgan fingerprint density at radius 3 is 2.65 bits per heavy atom. The molecule has 1 aromatic carbocycles. The number of sulfone groups is 1. The molecule has 4 aliphatic heterocycles. The summed E-state index contributed by atoms with van der Waals surface area (Å²) >= 11 is 2.68. The molecular formula is C24H25N3O7S3. The number of β-lactam (4-membered cyclic amide) rings is 1. The molecular weight excluding hydrogens is 538 g/mol. The Labute approximate surface area is 222 Å². The number of carbonyl (C=O) groups is 4. The van der Waals surface area contributed by atoms with Gasteiger partial charge < -0.3 is 15.3 Å². The van der Waals surface area contributed by atoms with Crippen LogP contribution in [0, 0.1) is 0 Å². The van der Waals surface area contributed by atoms with Gasteiger partial charge in [0.1, 0.15) is 17.1 Å². The highest BCUT2D eigenvalue weighted by molar-refractivity contribution is 8.00. The van der Waals surface area contributed by atoms with Crippen molar-refractivity contribution in [2.24, 2.45) is 0 Å². The quantitative estimate of drug-likeness (QED) is 0.281. The second-order valence-electron chi connectivity index (χ2n) is 9.21. The molecule has 0 aliphatic carbocycles. The molecule has 0 spiro atoms. The van der Waals surface area contributed by atoms with Gasteiger partial charge in [0, 0.05) is 28.8 Å². The minimum Gasteiger partial charge on any atom is -0.477 e. The molecule has 0 radical (unpaired) electrons. The van der Waals surface area contributed by atoms with E-state index in [1.54, 1.807) is 4.90 Å². The monoisotopic (exact) mass is 563 g/mol. The van der Waals surface area contributed by atoms with Crippen molar-refractivity contribution < 1.29 is 32.7 Å². The first kappa shape index (κ1) is 25.9. The number of thioether (sulfide) groups is 2. The summed E-state index contributed by atoms with van der Waals surface area (Å²) in [7, 11) is -3.14. The van der Waals surface area contributed by atoms with Crippen molar-refractivity contribution in [3.8, 4) is 0 Å². The lowest BCUT2D eigenvalue weighted by Gasteiger charge is -2.49. The van der Waals surface area contributed by atoms with E-state index in [1.165, 1.54) is 34.5 Å². The van der Waals surface area contributed by atoms with Crippen molar-refractivity contribution in [2.45, 2.75) is 35.2 Å². The molecule has 13 heteroatoms. The van der Waals surface area contributed by atoms with Crippen LogP contribution < -0.4 is 5.32 Å². The first-order valence-electron chi connectivity index (χ1n) is 11.7. The van der Waals surface area contributed by atoms with Crippen molar-refractivity contribution in [3.05, 3.63) is 53.3 Å². The van der Waals surface area contributed by atoms with Gasteiger partial charge in [0.2, 0.25) is 11.8 Å². The highest BCUT2D eigenvalue weighted by atomic mass is 32.2. The van der Waals surface area contributed by atoms with Crippen molar-refractivity contribution in [1.82, 2.24) is 15.1 Å². The van der Waals surface area contributed by atoms with E-state index in [1.807, 2.05) is 30.3 Å². The lowest BCUT2D eigenvalue weighted by atomic mass is 10.0. The average molecular weight is 564 g/mol. The fraction of sp³-hybridized carbons (Fsp3) is 0.417. The van der Waals surface area contributed by atoms with Crippen LogP contribution >= 0.6 is 23.5 Å². The number of carboxylic acids is 1. The number of rotatable bonds is 7. The van der Waals surface area contributed by atoms with Gasteiger partial charge in [0.15, 0.2) is 9.84 Å². The summed E-state index contributed by atoms with van der Waals surface area (Å²) in [5, 5.41) is 12.1. The number of carbonyl (C=O) groups excluding carboxylic acids is 3. The standard InChI is InChI=1S/C24H25N3O7S3/c28-18(12-35-17-4-2-1-3-5-17)25-19-22(30)27-20(24(31)32)15(11-36-23(19)27)10-14-6-8-26(21(14)29)16-7-9-37(33,34)13-16/h1-5,10,16,19,23H,6-9,11-13H2,(H,25,28)(H,31,32)/b14-10+/t16?,19-,23-/m1/s1. The van der Waals surface area contributed by atoms with Crippen molar-refractivity contribution in [2.75, 3.05) is 29.6 Å². The molecule has 10 nitrogen and oxygen atoms in total. The third-order valence-corrected chi connectivity index (χ3v) is 10.8. The highest BCUT2D eigenvalue weighted by Gasteiger charge is 2.54. The molecule has 1 unspecified atom stereocenters. The van der Waals surface area contributed by atoms with Gasteiger partial charge >= 0.3 is 5.97 Å². The minimum absolute atomic E-state index is 0.0497. The van der Waals surface area contributed by atoms with Crippen LogP contribution in [0.15, 0.2) is 58.1 Å². The Morgan fingerprint density at radius 1 is 1.22 bits per heavy atom. The van der Waals surface area contributed by atoms with Gasteiger partial charge in [0.25, 0.3) is 5.91 Å². The van der Waals surface area contributed by atoms with Crippen LogP contribution in [0.4, 0.5) is 0 Å². The third kappa shape index (κ3) is 5.16.